The molecule has 4 nitrogen and oxygen atoms in total. The zero-order valence-corrected chi connectivity index (χ0v) is 10.3. The Labute approximate surface area is 102 Å². The zero-order chi connectivity index (χ0) is 12.1. The van der Waals surface area contributed by atoms with Gasteiger partial charge in [-0.2, -0.15) is 0 Å². The molecule has 0 spiro atoms. The Morgan fingerprint density at radius 1 is 1.47 bits per heavy atom. The van der Waals surface area contributed by atoms with Crippen LogP contribution in [-0.2, 0) is 0 Å². The van der Waals surface area contributed by atoms with Crippen molar-refractivity contribution in [2.75, 3.05) is 20.3 Å². The van der Waals surface area contributed by atoms with Crippen LogP contribution >= 0.6 is 0 Å². The summed E-state index contributed by atoms with van der Waals surface area (Å²) in [4.78, 5) is 4.22. The van der Waals surface area contributed by atoms with Crippen molar-refractivity contribution in [3.05, 3.63) is 23.9 Å². The molecule has 0 fully saturated rings. The molecular weight excluding hydrogens is 216 g/mol. The third kappa shape index (κ3) is 3.20. The molecule has 92 valence electrons. The summed E-state index contributed by atoms with van der Waals surface area (Å²) in [6, 6.07) is 2.44. The molecule has 0 amide bonds. The average Bonchev–Trinajstić information content (AvgIpc) is 2.38. The summed E-state index contributed by atoms with van der Waals surface area (Å²) < 4.78 is 10.8. The fourth-order valence-corrected chi connectivity index (χ4v) is 1.57. The van der Waals surface area contributed by atoms with E-state index in [1.165, 1.54) is 0 Å². The molecule has 0 saturated heterocycles. The third-order valence-corrected chi connectivity index (χ3v) is 2.71. The summed E-state index contributed by atoms with van der Waals surface area (Å²) in [5, 5.41) is 3.19. The van der Waals surface area contributed by atoms with Crippen LogP contribution in [0.4, 0.5) is 0 Å². The van der Waals surface area contributed by atoms with Crippen molar-refractivity contribution in [3.8, 4) is 11.6 Å². The monoisotopic (exact) mass is 234 g/mol. The second-order valence-electron chi connectivity index (χ2n) is 4.10. The highest BCUT2D eigenvalue weighted by Gasteiger charge is 2.12. The van der Waals surface area contributed by atoms with Crippen molar-refractivity contribution in [2.24, 2.45) is 0 Å². The van der Waals surface area contributed by atoms with E-state index >= 15 is 0 Å². The van der Waals surface area contributed by atoms with Gasteiger partial charge in [-0.25, -0.2) is 4.98 Å². The molecule has 1 atom stereocenters. The summed E-state index contributed by atoms with van der Waals surface area (Å²) in [5.74, 6) is 1.33. The molecule has 0 bridgehead atoms. The van der Waals surface area contributed by atoms with Gasteiger partial charge in [0.05, 0.1) is 0 Å². The lowest BCUT2D eigenvalue weighted by Gasteiger charge is -2.17. The van der Waals surface area contributed by atoms with Crippen molar-refractivity contribution < 1.29 is 9.47 Å². The maximum atomic E-state index is 5.48. The second-order valence-corrected chi connectivity index (χ2v) is 4.10. The molecule has 1 aliphatic heterocycles. The minimum atomic E-state index is 0.483. The molecule has 0 aromatic carbocycles. The predicted molar refractivity (Wildman–Crippen MR) is 67.4 cm³/mol. The predicted octanol–water partition coefficient (Wildman–Crippen LogP) is 1.86. The van der Waals surface area contributed by atoms with E-state index < -0.39 is 0 Å². The van der Waals surface area contributed by atoms with Gasteiger partial charge in [0.2, 0.25) is 0 Å². The molecule has 0 radical (unpaired) electrons. The highest BCUT2D eigenvalue weighted by molar-refractivity contribution is 5.53. The van der Waals surface area contributed by atoms with E-state index in [2.05, 4.69) is 29.4 Å². The number of nitrogens with one attached hydrogen (secondary N) is 1. The molecule has 1 N–H and O–H groups in total. The van der Waals surface area contributed by atoms with Gasteiger partial charge >= 0.3 is 0 Å². The highest BCUT2D eigenvalue weighted by atomic mass is 16.6. The lowest BCUT2D eigenvalue weighted by Crippen LogP contribution is -2.19. The van der Waals surface area contributed by atoms with E-state index in [1.807, 2.05) is 13.1 Å². The maximum Gasteiger partial charge on any atom is 0.257 e. The number of hydrogen-bond acceptors (Lipinski definition) is 4. The zero-order valence-electron chi connectivity index (χ0n) is 10.3. The number of pyridine rings is 1. The number of nitrogens with zero attached hydrogens (tertiary/aromatic N) is 1. The minimum Gasteiger partial charge on any atom is -0.484 e. The van der Waals surface area contributed by atoms with Crippen molar-refractivity contribution in [2.45, 2.75) is 19.4 Å². The number of hydrogen-bond donors (Lipinski definition) is 1. The first kappa shape index (κ1) is 11.9. The van der Waals surface area contributed by atoms with Crippen molar-refractivity contribution in [3.63, 3.8) is 0 Å². The summed E-state index contributed by atoms with van der Waals surface area (Å²) in [6.45, 7) is 3.32. The molecule has 1 unspecified atom stereocenters. The van der Waals surface area contributed by atoms with Crippen LogP contribution in [0.1, 0.15) is 18.9 Å². The number of aromatic nitrogens is 1. The SMILES string of the molecule is CNC(C)C/C=C/c1cnc2c(c1)OCCO2. The Morgan fingerprint density at radius 2 is 2.29 bits per heavy atom. The van der Waals surface area contributed by atoms with Crippen LogP contribution in [-0.4, -0.2) is 31.3 Å². The number of fused-ring (bicyclic) bond motifs is 1. The lowest BCUT2D eigenvalue weighted by molar-refractivity contribution is 0.164. The van der Waals surface area contributed by atoms with Gasteiger partial charge in [-0.1, -0.05) is 12.2 Å². The molecule has 0 saturated carbocycles. The first-order chi connectivity index (χ1) is 8.29. The molecule has 2 heterocycles. The molecule has 17 heavy (non-hydrogen) atoms. The molecule has 4 heteroatoms. The van der Waals surface area contributed by atoms with E-state index in [1.54, 1.807) is 6.20 Å². The van der Waals surface area contributed by atoms with E-state index in [0.717, 1.165) is 17.7 Å². The Bertz CT molecular complexity index is 404. The van der Waals surface area contributed by atoms with Gasteiger partial charge in [0.15, 0.2) is 5.75 Å². The van der Waals surface area contributed by atoms with Crippen LogP contribution in [0, 0.1) is 0 Å². The van der Waals surface area contributed by atoms with Gasteiger partial charge in [-0.05, 0) is 32.0 Å². The fraction of sp³-hybridized carbons (Fsp3) is 0.462. The van der Waals surface area contributed by atoms with Crippen LogP contribution in [0.2, 0.25) is 0 Å². The summed E-state index contributed by atoms with van der Waals surface area (Å²) in [5.41, 5.74) is 1.04. The lowest BCUT2D eigenvalue weighted by atomic mass is 10.2. The quantitative estimate of drug-likeness (QED) is 0.863. The number of rotatable bonds is 4. The van der Waals surface area contributed by atoms with E-state index in [4.69, 9.17) is 9.47 Å². The topological polar surface area (TPSA) is 43.4 Å². The van der Waals surface area contributed by atoms with Crippen LogP contribution < -0.4 is 14.8 Å². The summed E-state index contributed by atoms with van der Waals surface area (Å²) in [7, 11) is 1.96. The first-order valence-electron chi connectivity index (χ1n) is 5.89. The van der Waals surface area contributed by atoms with Crippen molar-refractivity contribution >= 4 is 6.08 Å². The van der Waals surface area contributed by atoms with Crippen molar-refractivity contribution in [1.29, 1.82) is 0 Å². The summed E-state index contributed by atoms with van der Waals surface area (Å²) >= 11 is 0. The highest BCUT2D eigenvalue weighted by Crippen LogP contribution is 2.28. The first-order valence-corrected chi connectivity index (χ1v) is 5.89. The van der Waals surface area contributed by atoms with Crippen LogP contribution in [0.3, 0.4) is 0 Å². The molecular formula is C13H18N2O2. The largest absolute Gasteiger partial charge is 0.484 e. The van der Waals surface area contributed by atoms with Gasteiger partial charge < -0.3 is 14.8 Å². The Kier molecular flexibility index (Phi) is 3.98. The molecule has 1 aromatic rings. The molecule has 1 aromatic heterocycles. The van der Waals surface area contributed by atoms with Gasteiger partial charge in [0.25, 0.3) is 5.88 Å². The average molecular weight is 234 g/mol. The van der Waals surface area contributed by atoms with E-state index in [9.17, 15) is 0 Å². The van der Waals surface area contributed by atoms with E-state index in [-0.39, 0.29) is 0 Å². The van der Waals surface area contributed by atoms with Crippen molar-refractivity contribution in [1.82, 2.24) is 10.3 Å². The molecule has 1 aliphatic rings. The second kappa shape index (κ2) is 5.68. The Morgan fingerprint density at radius 3 is 3.12 bits per heavy atom. The number of ether oxygens (including phenoxy) is 2. The minimum absolute atomic E-state index is 0.483. The van der Waals surface area contributed by atoms with Crippen LogP contribution in [0.15, 0.2) is 18.3 Å². The van der Waals surface area contributed by atoms with Gasteiger partial charge in [-0.15, -0.1) is 0 Å². The fourth-order valence-electron chi connectivity index (χ4n) is 1.57. The van der Waals surface area contributed by atoms with Gasteiger partial charge in [-0.3, -0.25) is 0 Å². The van der Waals surface area contributed by atoms with Gasteiger partial charge in [0, 0.05) is 12.2 Å². The van der Waals surface area contributed by atoms with E-state index in [0.29, 0.717) is 25.1 Å². The third-order valence-electron chi connectivity index (χ3n) is 2.71. The molecule has 0 aliphatic carbocycles. The standard InChI is InChI=1S/C13H18N2O2/c1-10(14-2)4-3-5-11-8-12-13(15-9-11)17-7-6-16-12/h3,5,8-10,14H,4,6-7H2,1-2H3/b5-3+. The summed E-state index contributed by atoms with van der Waals surface area (Å²) in [6.07, 6.45) is 6.98. The maximum absolute atomic E-state index is 5.48. The smallest absolute Gasteiger partial charge is 0.257 e. The van der Waals surface area contributed by atoms with Gasteiger partial charge in [0.1, 0.15) is 13.2 Å². The van der Waals surface area contributed by atoms with Crippen LogP contribution in [0.25, 0.3) is 6.08 Å². The van der Waals surface area contributed by atoms with Crippen LogP contribution in [0.5, 0.6) is 11.6 Å². The Hall–Kier alpha value is -1.55. The molecule has 2 rings (SSSR count). The Balaban J connectivity index is 2.02. The normalized spacial score (nSPS) is 16.1.